The van der Waals surface area contributed by atoms with Crippen LogP contribution in [0.25, 0.3) is 11.0 Å². The van der Waals surface area contributed by atoms with Gasteiger partial charge in [-0.05, 0) is 37.0 Å². The van der Waals surface area contributed by atoms with Crippen molar-refractivity contribution in [2.24, 2.45) is 0 Å². The zero-order valence-electron chi connectivity index (χ0n) is 10.0. The summed E-state index contributed by atoms with van der Waals surface area (Å²) in [7, 11) is 0. The van der Waals surface area contributed by atoms with Crippen LogP contribution in [0, 0.1) is 13.8 Å². The summed E-state index contributed by atoms with van der Waals surface area (Å²) in [6.45, 7) is 3.82. The van der Waals surface area contributed by atoms with Gasteiger partial charge in [-0.3, -0.25) is 0 Å². The average molecular weight is 260 g/mol. The van der Waals surface area contributed by atoms with Crippen molar-refractivity contribution in [2.75, 3.05) is 0 Å². The van der Waals surface area contributed by atoms with E-state index in [1.54, 1.807) is 0 Å². The topological polar surface area (TPSA) is 59.2 Å². The van der Waals surface area contributed by atoms with Gasteiger partial charge in [-0.15, -0.1) is 5.10 Å². The second-order valence-electron chi connectivity index (χ2n) is 4.27. The Bertz CT molecular complexity index is 702. The third kappa shape index (κ3) is 1.72. The van der Waals surface area contributed by atoms with Gasteiger partial charge in [0.1, 0.15) is 17.4 Å². The van der Waals surface area contributed by atoms with Crippen molar-refractivity contribution in [1.29, 1.82) is 0 Å². The first kappa shape index (κ1) is 11.4. The maximum Gasteiger partial charge on any atom is 0.149 e. The van der Waals surface area contributed by atoms with E-state index >= 15 is 0 Å². The molecule has 2 aromatic heterocycles. The number of nitrogens with zero attached hydrogens (tertiary/aromatic N) is 2. The smallest absolute Gasteiger partial charge is 0.149 e. The van der Waals surface area contributed by atoms with E-state index in [1.807, 2.05) is 38.1 Å². The fourth-order valence-corrected chi connectivity index (χ4v) is 2.62. The maximum atomic E-state index is 10.3. The molecule has 0 saturated heterocycles. The van der Waals surface area contributed by atoms with E-state index in [1.165, 1.54) is 11.5 Å². The molecule has 1 atom stereocenters. The van der Waals surface area contributed by atoms with E-state index in [0.717, 1.165) is 27.1 Å². The van der Waals surface area contributed by atoms with Crippen molar-refractivity contribution in [3.8, 4) is 0 Å². The summed E-state index contributed by atoms with van der Waals surface area (Å²) in [4.78, 5) is 0.728. The van der Waals surface area contributed by atoms with Gasteiger partial charge in [0.25, 0.3) is 0 Å². The molecule has 5 heteroatoms. The SMILES string of the molecule is Cc1nnsc1C(O)c1cc2cccc(C)c2o1. The first-order valence-electron chi connectivity index (χ1n) is 5.63. The molecule has 1 aromatic carbocycles. The number of hydrogen-bond acceptors (Lipinski definition) is 5. The quantitative estimate of drug-likeness (QED) is 0.769. The molecule has 0 bridgehead atoms. The van der Waals surface area contributed by atoms with Crippen LogP contribution in [-0.4, -0.2) is 14.7 Å². The Morgan fingerprint density at radius 3 is 2.83 bits per heavy atom. The van der Waals surface area contributed by atoms with Gasteiger partial charge >= 0.3 is 0 Å². The molecule has 0 amide bonds. The van der Waals surface area contributed by atoms with Crippen LogP contribution in [0.4, 0.5) is 0 Å². The van der Waals surface area contributed by atoms with E-state index in [-0.39, 0.29) is 0 Å². The predicted octanol–water partition coefficient (Wildman–Crippen LogP) is 2.98. The molecule has 0 radical (unpaired) electrons. The molecule has 0 aliphatic heterocycles. The highest BCUT2D eigenvalue weighted by atomic mass is 32.1. The van der Waals surface area contributed by atoms with Crippen molar-refractivity contribution in [1.82, 2.24) is 9.59 Å². The molecule has 0 fully saturated rings. The predicted molar refractivity (Wildman–Crippen MR) is 69.7 cm³/mol. The first-order valence-corrected chi connectivity index (χ1v) is 6.40. The Morgan fingerprint density at radius 1 is 1.33 bits per heavy atom. The van der Waals surface area contributed by atoms with Crippen molar-refractivity contribution in [2.45, 2.75) is 20.0 Å². The highest BCUT2D eigenvalue weighted by Gasteiger charge is 2.20. The fourth-order valence-electron chi connectivity index (χ4n) is 1.98. The number of fused-ring (bicyclic) bond motifs is 1. The number of para-hydroxylation sites is 1. The van der Waals surface area contributed by atoms with Crippen molar-refractivity contribution in [3.63, 3.8) is 0 Å². The highest BCUT2D eigenvalue weighted by molar-refractivity contribution is 7.05. The van der Waals surface area contributed by atoms with Crippen LogP contribution in [0.1, 0.15) is 28.0 Å². The summed E-state index contributed by atoms with van der Waals surface area (Å²) in [5, 5.41) is 15.2. The van der Waals surface area contributed by atoms with Crippen molar-refractivity contribution < 1.29 is 9.52 Å². The summed E-state index contributed by atoms with van der Waals surface area (Å²) in [5.41, 5.74) is 2.62. The van der Waals surface area contributed by atoms with Crippen LogP contribution in [0.15, 0.2) is 28.7 Å². The van der Waals surface area contributed by atoms with Gasteiger partial charge in [-0.2, -0.15) is 0 Å². The fraction of sp³-hybridized carbons (Fsp3) is 0.231. The van der Waals surface area contributed by atoms with E-state index in [4.69, 9.17) is 4.42 Å². The summed E-state index contributed by atoms with van der Waals surface area (Å²) in [5.74, 6) is 0.536. The molecule has 1 unspecified atom stereocenters. The minimum absolute atomic E-state index is 0.536. The second kappa shape index (κ2) is 4.19. The Morgan fingerprint density at radius 2 is 2.17 bits per heavy atom. The van der Waals surface area contributed by atoms with Gasteiger partial charge in [-0.1, -0.05) is 22.7 Å². The molecule has 2 heterocycles. The normalized spacial score (nSPS) is 13.1. The Balaban J connectivity index is 2.10. The maximum absolute atomic E-state index is 10.3. The number of furan rings is 1. The molecule has 92 valence electrons. The summed E-state index contributed by atoms with van der Waals surface area (Å²) < 4.78 is 9.57. The Hall–Kier alpha value is -1.72. The van der Waals surface area contributed by atoms with Gasteiger partial charge < -0.3 is 9.52 Å². The number of rotatable bonds is 2. The van der Waals surface area contributed by atoms with Gasteiger partial charge in [-0.25, -0.2) is 0 Å². The molecule has 4 nitrogen and oxygen atoms in total. The Labute approximate surface area is 108 Å². The lowest BCUT2D eigenvalue weighted by atomic mass is 10.1. The molecule has 0 aliphatic carbocycles. The molecular formula is C13H12N2O2S. The van der Waals surface area contributed by atoms with Gasteiger partial charge in [0, 0.05) is 5.39 Å². The van der Waals surface area contributed by atoms with Crippen molar-refractivity contribution >= 4 is 22.5 Å². The number of aliphatic hydroxyl groups is 1. The lowest BCUT2D eigenvalue weighted by molar-refractivity contribution is 0.195. The molecule has 3 aromatic rings. The van der Waals surface area contributed by atoms with E-state index < -0.39 is 6.10 Å². The molecule has 1 N–H and O–H groups in total. The third-order valence-corrected chi connectivity index (χ3v) is 3.84. The van der Waals surface area contributed by atoms with E-state index in [2.05, 4.69) is 9.59 Å². The largest absolute Gasteiger partial charge is 0.458 e. The van der Waals surface area contributed by atoms with Crippen LogP contribution < -0.4 is 0 Å². The monoisotopic (exact) mass is 260 g/mol. The number of aliphatic hydroxyl groups excluding tert-OH is 1. The van der Waals surface area contributed by atoms with Gasteiger partial charge in [0.15, 0.2) is 0 Å². The third-order valence-electron chi connectivity index (χ3n) is 2.96. The van der Waals surface area contributed by atoms with Crippen LogP contribution in [0.3, 0.4) is 0 Å². The van der Waals surface area contributed by atoms with Gasteiger partial charge in [0.05, 0.1) is 10.6 Å². The highest BCUT2D eigenvalue weighted by Crippen LogP contribution is 2.31. The average Bonchev–Trinajstić information content (AvgIpc) is 2.95. The van der Waals surface area contributed by atoms with Crippen LogP contribution >= 0.6 is 11.5 Å². The van der Waals surface area contributed by atoms with Gasteiger partial charge in [0.2, 0.25) is 0 Å². The molecule has 18 heavy (non-hydrogen) atoms. The van der Waals surface area contributed by atoms with E-state index in [0.29, 0.717) is 5.76 Å². The lowest BCUT2D eigenvalue weighted by Crippen LogP contribution is -1.97. The minimum atomic E-state index is -0.795. The molecule has 0 spiro atoms. The first-order chi connectivity index (χ1) is 8.66. The zero-order chi connectivity index (χ0) is 12.7. The zero-order valence-corrected chi connectivity index (χ0v) is 10.9. The van der Waals surface area contributed by atoms with Crippen LogP contribution in [0.2, 0.25) is 0 Å². The van der Waals surface area contributed by atoms with Crippen molar-refractivity contribution in [3.05, 3.63) is 46.2 Å². The number of aromatic nitrogens is 2. The standard InChI is InChI=1S/C13H12N2O2S/c1-7-4-3-5-9-6-10(17-12(7)9)11(16)13-8(2)14-15-18-13/h3-6,11,16H,1-2H3. The van der Waals surface area contributed by atoms with E-state index in [9.17, 15) is 5.11 Å². The number of hydrogen-bond donors (Lipinski definition) is 1. The summed E-state index contributed by atoms with van der Waals surface area (Å²) >= 11 is 1.20. The molecular weight excluding hydrogens is 248 g/mol. The summed E-state index contributed by atoms with van der Waals surface area (Å²) in [6, 6.07) is 7.80. The summed E-state index contributed by atoms with van der Waals surface area (Å²) in [6.07, 6.45) is -0.795. The molecule has 0 saturated carbocycles. The minimum Gasteiger partial charge on any atom is -0.458 e. The number of aryl methyl sites for hydroxylation is 2. The molecule has 3 rings (SSSR count). The second-order valence-corrected chi connectivity index (χ2v) is 5.05. The molecule has 0 aliphatic rings. The van der Waals surface area contributed by atoms with Crippen LogP contribution in [-0.2, 0) is 0 Å². The van der Waals surface area contributed by atoms with Crippen LogP contribution in [0.5, 0.6) is 0 Å². The Kier molecular flexibility index (Phi) is 2.65. The lowest BCUT2D eigenvalue weighted by Gasteiger charge is -2.04. The number of benzene rings is 1.